The molecule has 0 aromatic carbocycles. The van der Waals surface area contributed by atoms with Crippen LogP contribution in [-0.2, 0) is 19.2 Å². The van der Waals surface area contributed by atoms with Gasteiger partial charge >= 0.3 is 5.97 Å². The topological polar surface area (TPSA) is 191 Å². The Hall–Kier alpha value is -2.20. The third-order valence-corrected chi connectivity index (χ3v) is 3.66. The minimum atomic E-state index is -1.28. The van der Waals surface area contributed by atoms with Crippen LogP contribution < -0.4 is 27.8 Å². The lowest BCUT2D eigenvalue weighted by Crippen LogP contribution is -2.55. The van der Waals surface area contributed by atoms with E-state index in [1.165, 1.54) is 0 Å². The molecule has 9 N–H and O–H groups in total. The number of carboxylic acids is 1. The average molecular weight is 373 g/mol. The second-order valence-electron chi connectivity index (χ2n) is 6.65. The maximum atomic E-state index is 12.3. The monoisotopic (exact) mass is 373 g/mol. The van der Waals surface area contributed by atoms with Crippen LogP contribution in [0.15, 0.2) is 0 Å². The molecule has 0 unspecified atom stereocenters. The van der Waals surface area contributed by atoms with E-state index >= 15 is 0 Å². The molecule has 0 bridgehead atoms. The number of amides is 3. The van der Waals surface area contributed by atoms with Crippen LogP contribution in [0, 0.1) is 5.92 Å². The van der Waals surface area contributed by atoms with E-state index in [0.29, 0.717) is 25.8 Å². The molecule has 0 aromatic heterocycles. The average Bonchev–Trinajstić information content (AvgIpc) is 2.51. The van der Waals surface area contributed by atoms with Gasteiger partial charge in [0.25, 0.3) is 0 Å². The Bertz CT molecular complexity index is 497. The number of hydrogen-bond acceptors (Lipinski definition) is 6. The summed E-state index contributed by atoms with van der Waals surface area (Å²) < 4.78 is 0. The summed E-state index contributed by atoms with van der Waals surface area (Å²) in [6.45, 7) is 4.19. The molecule has 0 rings (SSSR count). The van der Waals surface area contributed by atoms with Crippen LogP contribution >= 0.6 is 0 Å². The van der Waals surface area contributed by atoms with Gasteiger partial charge in [0.05, 0.1) is 12.5 Å². The van der Waals surface area contributed by atoms with Gasteiger partial charge in [0.15, 0.2) is 0 Å². The smallest absolute Gasteiger partial charge is 0.326 e. The standard InChI is InChI=1S/C16H31N5O5/c1-9(2)7-10(18)14(23)21-12(8-13(19)22)15(24)20-11(16(25)26)5-3-4-6-17/h9-12H,3-8,17-18H2,1-2H3,(H2,19,22)(H,20,24)(H,21,23)(H,25,26)/t10-,11-,12-/m0/s1. The third kappa shape index (κ3) is 9.94. The number of primary amides is 1. The third-order valence-electron chi connectivity index (χ3n) is 3.66. The summed E-state index contributed by atoms with van der Waals surface area (Å²) in [5.74, 6) is -3.25. The molecule has 3 amide bonds. The van der Waals surface area contributed by atoms with Crippen LogP contribution in [0.1, 0.15) is 46.0 Å². The molecule has 26 heavy (non-hydrogen) atoms. The van der Waals surface area contributed by atoms with Gasteiger partial charge in [0, 0.05) is 0 Å². The largest absolute Gasteiger partial charge is 0.480 e. The summed E-state index contributed by atoms with van der Waals surface area (Å²) in [5, 5.41) is 13.9. The maximum Gasteiger partial charge on any atom is 0.326 e. The van der Waals surface area contributed by atoms with Gasteiger partial charge < -0.3 is 32.9 Å². The number of carboxylic acid groups (broad SMARTS) is 1. The fourth-order valence-corrected chi connectivity index (χ4v) is 2.33. The van der Waals surface area contributed by atoms with Crippen molar-refractivity contribution in [3.8, 4) is 0 Å². The first-order valence-electron chi connectivity index (χ1n) is 8.65. The lowest BCUT2D eigenvalue weighted by atomic mass is 10.0. The van der Waals surface area contributed by atoms with E-state index in [2.05, 4.69) is 10.6 Å². The highest BCUT2D eigenvalue weighted by Crippen LogP contribution is 2.05. The molecule has 10 nitrogen and oxygen atoms in total. The predicted molar refractivity (Wildman–Crippen MR) is 95.6 cm³/mol. The number of carbonyl (C=O) groups excluding carboxylic acids is 3. The zero-order valence-electron chi connectivity index (χ0n) is 15.4. The molecule has 0 saturated heterocycles. The van der Waals surface area contributed by atoms with Crippen molar-refractivity contribution in [2.24, 2.45) is 23.1 Å². The van der Waals surface area contributed by atoms with Crippen molar-refractivity contribution in [2.75, 3.05) is 6.54 Å². The lowest BCUT2D eigenvalue weighted by molar-refractivity contribution is -0.142. The van der Waals surface area contributed by atoms with Gasteiger partial charge in [-0.3, -0.25) is 14.4 Å². The summed E-state index contributed by atoms with van der Waals surface area (Å²) in [6, 6.07) is -3.28. The Morgan fingerprint density at radius 3 is 2.04 bits per heavy atom. The number of nitrogens with two attached hydrogens (primary N) is 3. The van der Waals surface area contributed by atoms with Crippen molar-refractivity contribution in [1.82, 2.24) is 10.6 Å². The van der Waals surface area contributed by atoms with Crippen LogP contribution in [0.2, 0.25) is 0 Å². The van der Waals surface area contributed by atoms with Gasteiger partial charge in [-0.15, -0.1) is 0 Å². The Labute approximate surface area is 153 Å². The molecule has 3 atom stereocenters. The summed E-state index contributed by atoms with van der Waals surface area (Å²) in [6.07, 6.45) is 1.25. The molecule has 0 aliphatic rings. The van der Waals surface area contributed by atoms with Gasteiger partial charge in [-0.05, 0) is 38.1 Å². The fourth-order valence-electron chi connectivity index (χ4n) is 2.33. The summed E-state index contributed by atoms with van der Waals surface area (Å²) >= 11 is 0. The summed E-state index contributed by atoms with van der Waals surface area (Å²) in [4.78, 5) is 46.9. The van der Waals surface area contributed by atoms with Crippen molar-refractivity contribution >= 4 is 23.7 Å². The highest BCUT2D eigenvalue weighted by Gasteiger charge is 2.29. The molecule has 0 aliphatic carbocycles. The minimum Gasteiger partial charge on any atom is -0.480 e. The summed E-state index contributed by atoms with van der Waals surface area (Å²) in [7, 11) is 0. The van der Waals surface area contributed by atoms with Gasteiger partial charge in [-0.1, -0.05) is 13.8 Å². The highest BCUT2D eigenvalue weighted by molar-refractivity contribution is 5.94. The Balaban J connectivity index is 4.97. The normalized spacial score (nSPS) is 14.3. The molecular formula is C16H31N5O5. The number of nitrogens with one attached hydrogen (secondary N) is 2. The SMILES string of the molecule is CC(C)C[C@H](N)C(=O)N[C@@H](CC(N)=O)C(=O)N[C@@H](CCCCN)C(=O)O. The maximum absolute atomic E-state index is 12.3. The molecule has 0 heterocycles. The molecule has 0 spiro atoms. The van der Waals surface area contributed by atoms with E-state index in [0.717, 1.165) is 0 Å². The van der Waals surface area contributed by atoms with E-state index in [4.69, 9.17) is 17.2 Å². The summed E-state index contributed by atoms with van der Waals surface area (Å²) in [5.41, 5.74) is 16.3. The minimum absolute atomic E-state index is 0.165. The number of unbranched alkanes of at least 4 members (excludes halogenated alkanes) is 1. The van der Waals surface area contributed by atoms with Gasteiger partial charge in [-0.2, -0.15) is 0 Å². The Morgan fingerprint density at radius 2 is 1.58 bits per heavy atom. The second kappa shape index (κ2) is 12.2. The zero-order chi connectivity index (χ0) is 20.3. The van der Waals surface area contributed by atoms with Crippen LogP contribution in [0.25, 0.3) is 0 Å². The van der Waals surface area contributed by atoms with E-state index < -0.39 is 48.2 Å². The second-order valence-corrected chi connectivity index (χ2v) is 6.65. The van der Waals surface area contributed by atoms with E-state index in [-0.39, 0.29) is 12.3 Å². The first kappa shape index (κ1) is 23.8. The van der Waals surface area contributed by atoms with Crippen LogP contribution in [-0.4, -0.2) is 53.5 Å². The van der Waals surface area contributed by atoms with Gasteiger partial charge in [0.1, 0.15) is 12.1 Å². The predicted octanol–water partition coefficient (Wildman–Crippen LogP) is -1.58. The molecule has 0 saturated carbocycles. The first-order chi connectivity index (χ1) is 12.1. The van der Waals surface area contributed by atoms with Gasteiger partial charge in [-0.25, -0.2) is 4.79 Å². The number of carbonyl (C=O) groups is 4. The fraction of sp³-hybridized carbons (Fsp3) is 0.750. The van der Waals surface area contributed by atoms with Crippen molar-refractivity contribution in [1.29, 1.82) is 0 Å². The molecular weight excluding hydrogens is 342 g/mol. The van der Waals surface area contributed by atoms with E-state index in [1.54, 1.807) is 0 Å². The van der Waals surface area contributed by atoms with Crippen molar-refractivity contribution < 1.29 is 24.3 Å². The van der Waals surface area contributed by atoms with Crippen LogP contribution in [0.3, 0.4) is 0 Å². The van der Waals surface area contributed by atoms with Crippen molar-refractivity contribution in [2.45, 2.75) is 64.1 Å². The molecule has 150 valence electrons. The molecule has 0 fully saturated rings. The molecule has 0 aliphatic heterocycles. The lowest BCUT2D eigenvalue weighted by Gasteiger charge is -2.22. The highest BCUT2D eigenvalue weighted by atomic mass is 16.4. The van der Waals surface area contributed by atoms with Gasteiger partial charge in [0.2, 0.25) is 17.7 Å². The Morgan fingerprint density at radius 1 is 1.00 bits per heavy atom. The van der Waals surface area contributed by atoms with E-state index in [9.17, 15) is 24.3 Å². The Kier molecular flexibility index (Phi) is 11.2. The first-order valence-corrected chi connectivity index (χ1v) is 8.65. The number of hydrogen-bond donors (Lipinski definition) is 6. The van der Waals surface area contributed by atoms with Crippen molar-refractivity contribution in [3.63, 3.8) is 0 Å². The van der Waals surface area contributed by atoms with Crippen LogP contribution in [0.4, 0.5) is 0 Å². The van der Waals surface area contributed by atoms with Crippen molar-refractivity contribution in [3.05, 3.63) is 0 Å². The molecule has 0 aromatic rings. The molecule has 10 heteroatoms. The van der Waals surface area contributed by atoms with Crippen LogP contribution in [0.5, 0.6) is 0 Å². The quantitative estimate of drug-likeness (QED) is 0.210. The number of rotatable bonds is 13. The molecule has 0 radical (unpaired) electrons. The van der Waals surface area contributed by atoms with E-state index in [1.807, 2.05) is 13.8 Å². The number of aliphatic carboxylic acids is 1. The zero-order valence-corrected chi connectivity index (χ0v) is 15.4.